The van der Waals surface area contributed by atoms with Gasteiger partial charge in [0.05, 0.1) is 6.61 Å². The number of fused-ring (bicyclic) bond motifs is 1. The van der Waals surface area contributed by atoms with Gasteiger partial charge in [0.2, 0.25) is 0 Å². The first kappa shape index (κ1) is 16.0. The zero-order valence-corrected chi connectivity index (χ0v) is 13.7. The predicted octanol–water partition coefficient (Wildman–Crippen LogP) is 2.26. The van der Waals surface area contributed by atoms with Gasteiger partial charge < -0.3 is 19.4 Å². The van der Waals surface area contributed by atoms with E-state index in [0.717, 1.165) is 31.8 Å². The van der Waals surface area contributed by atoms with Crippen LogP contribution in [0.5, 0.6) is 5.75 Å². The van der Waals surface area contributed by atoms with E-state index in [4.69, 9.17) is 9.47 Å². The normalized spacial score (nSPS) is 17.0. The van der Waals surface area contributed by atoms with E-state index in [0.29, 0.717) is 19.1 Å². The average molecular weight is 315 g/mol. The van der Waals surface area contributed by atoms with E-state index in [1.54, 1.807) is 7.11 Å². The standard InChI is InChI=1S/C18H25N3O2/c1-22-10-11-23-17-5-3-2-4-16(17)13-19-12-15-6-7-18-20-8-9-21(18)14-15/h2-5,8-9,15,19H,6-7,10-14H2,1H3/t15-/m0/s1. The molecule has 1 aromatic carbocycles. The molecule has 0 saturated heterocycles. The number of rotatable bonds is 8. The summed E-state index contributed by atoms with van der Waals surface area (Å²) in [6.45, 7) is 4.10. The second-order valence-electron chi connectivity index (χ2n) is 5.98. The molecule has 2 aromatic rings. The zero-order chi connectivity index (χ0) is 15.9. The van der Waals surface area contributed by atoms with Crippen molar-refractivity contribution in [3.8, 4) is 5.75 Å². The van der Waals surface area contributed by atoms with Gasteiger partial charge in [0.15, 0.2) is 0 Å². The van der Waals surface area contributed by atoms with E-state index in [-0.39, 0.29) is 0 Å². The van der Waals surface area contributed by atoms with Crippen LogP contribution in [0.3, 0.4) is 0 Å². The van der Waals surface area contributed by atoms with E-state index >= 15 is 0 Å². The van der Waals surface area contributed by atoms with Crippen molar-refractivity contribution in [3.05, 3.63) is 48.0 Å². The Kier molecular flexibility index (Phi) is 5.66. The summed E-state index contributed by atoms with van der Waals surface area (Å²) in [6, 6.07) is 8.20. The molecule has 1 atom stereocenters. The Morgan fingerprint density at radius 3 is 3.13 bits per heavy atom. The second kappa shape index (κ2) is 8.13. The first-order valence-electron chi connectivity index (χ1n) is 8.27. The highest BCUT2D eigenvalue weighted by Crippen LogP contribution is 2.20. The molecular formula is C18H25N3O2. The molecule has 1 aromatic heterocycles. The fraction of sp³-hybridized carbons (Fsp3) is 0.500. The maximum absolute atomic E-state index is 5.78. The van der Waals surface area contributed by atoms with Gasteiger partial charge in [-0.15, -0.1) is 0 Å². The van der Waals surface area contributed by atoms with Gasteiger partial charge in [-0.1, -0.05) is 18.2 Å². The first-order valence-corrected chi connectivity index (χ1v) is 8.27. The van der Waals surface area contributed by atoms with Crippen LogP contribution in [0.4, 0.5) is 0 Å². The number of nitrogens with zero attached hydrogens (tertiary/aromatic N) is 2. The number of ether oxygens (including phenoxy) is 2. The molecule has 0 fully saturated rings. The zero-order valence-electron chi connectivity index (χ0n) is 13.7. The lowest BCUT2D eigenvalue weighted by Crippen LogP contribution is -2.29. The molecule has 23 heavy (non-hydrogen) atoms. The summed E-state index contributed by atoms with van der Waals surface area (Å²) in [7, 11) is 1.69. The molecule has 0 bridgehead atoms. The second-order valence-corrected chi connectivity index (χ2v) is 5.98. The van der Waals surface area contributed by atoms with Crippen molar-refractivity contribution in [2.45, 2.75) is 25.9 Å². The summed E-state index contributed by atoms with van der Waals surface area (Å²) in [4.78, 5) is 4.38. The lowest BCUT2D eigenvalue weighted by atomic mass is 9.99. The van der Waals surface area contributed by atoms with Gasteiger partial charge in [-0.3, -0.25) is 0 Å². The number of methoxy groups -OCH3 is 1. The van der Waals surface area contributed by atoms with E-state index in [1.807, 2.05) is 18.3 Å². The van der Waals surface area contributed by atoms with Crippen molar-refractivity contribution < 1.29 is 9.47 Å². The number of aromatic nitrogens is 2. The minimum Gasteiger partial charge on any atom is -0.491 e. The highest BCUT2D eigenvalue weighted by molar-refractivity contribution is 5.33. The molecule has 2 heterocycles. The monoisotopic (exact) mass is 315 g/mol. The molecule has 5 heteroatoms. The highest BCUT2D eigenvalue weighted by Gasteiger charge is 2.18. The minimum atomic E-state index is 0.583. The van der Waals surface area contributed by atoms with Crippen LogP contribution in [0.1, 0.15) is 17.8 Å². The molecule has 0 spiro atoms. The van der Waals surface area contributed by atoms with Gasteiger partial charge in [-0.25, -0.2) is 4.98 Å². The molecule has 0 aliphatic carbocycles. The Morgan fingerprint density at radius 1 is 1.30 bits per heavy atom. The molecule has 0 saturated carbocycles. The fourth-order valence-electron chi connectivity index (χ4n) is 3.04. The van der Waals surface area contributed by atoms with E-state index in [1.165, 1.54) is 17.8 Å². The number of para-hydroxylation sites is 1. The molecule has 1 aliphatic heterocycles. The third-order valence-electron chi connectivity index (χ3n) is 4.30. The van der Waals surface area contributed by atoms with Crippen molar-refractivity contribution >= 4 is 0 Å². The Bertz CT molecular complexity index is 612. The summed E-state index contributed by atoms with van der Waals surface area (Å²) in [5.41, 5.74) is 1.20. The Morgan fingerprint density at radius 2 is 2.22 bits per heavy atom. The van der Waals surface area contributed by atoms with Gasteiger partial charge in [-0.2, -0.15) is 0 Å². The smallest absolute Gasteiger partial charge is 0.123 e. The third-order valence-corrected chi connectivity index (χ3v) is 4.30. The minimum absolute atomic E-state index is 0.583. The van der Waals surface area contributed by atoms with Crippen molar-refractivity contribution in [1.82, 2.24) is 14.9 Å². The lowest BCUT2D eigenvalue weighted by molar-refractivity contribution is 0.145. The Hall–Kier alpha value is -1.85. The lowest BCUT2D eigenvalue weighted by Gasteiger charge is -2.24. The largest absolute Gasteiger partial charge is 0.491 e. The fourth-order valence-corrected chi connectivity index (χ4v) is 3.04. The van der Waals surface area contributed by atoms with Crippen molar-refractivity contribution in [2.24, 2.45) is 5.92 Å². The van der Waals surface area contributed by atoms with Gasteiger partial charge >= 0.3 is 0 Å². The Labute approximate surface area is 137 Å². The summed E-state index contributed by atoms with van der Waals surface area (Å²) >= 11 is 0. The van der Waals surface area contributed by atoms with Gasteiger partial charge in [0.25, 0.3) is 0 Å². The number of nitrogens with one attached hydrogen (secondary N) is 1. The molecule has 0 radical (unpaired) electrons. The molecule has 5 nitrogen and oxygen atoms in total. The predicted molar refractivity (Wildman–Crippen MR) is 89.6 cm³/mol. The van der Waals surface area contributed by atoms with Crippen LogP contribution in [0.25, 0.3) is 0 Å². The van der Waals surface area contributed by atoms with Crippen LogP contribution in [-0.2, 0) is 24.2 Å². The van der Waals surface area contributed by atoms with Crippen molar-refractivity contribution in [1.29, 1.82) is 0 Å². The molecule has 1 N–H and O–H groups in total. The third kappa shape index (κ3) is 4.33. The van der Waals surface area contributed by atoms with Crippen molar-refractivity contribution in [3.63, 3.8) is 0 Å². The van der Waals surface area contributed by atoms with E-state index < -0.39 is 0 Å². The number of hydrogen-bond donors (Lipinski definition) is 1. The molecule has 3 rings (SSSR count). The number of benzene rings is 1. The SMILES string of the molecule is COCCOc1ccccc1CNC[C@@H]1CCc2nccn2C1. The summed E-state index contributed by atoms with van der Waals surface area (Å²) < 4.78 is 13.1. The van der Waals surface area contributed by atoms with Crippen LogP contribution in [-0.4, -0.2) is 36.4 Å². The topological polar surface area (TPSA) is 48.3 Å². The maximum Gasteiger partial charge on any atom is 0.123 e. The van der Waals surface area contributed by atoms with Crippen LogP contribution in [0.2, 0.25) is 0 Å². The summed E-state index contributed by atoms with van der Waals surface area (Å²) in [5, 5.41) is 3.58. The molecule has 0 amide bonds. The van der Waals surface area contributed by atoms with E-state index in [9.17, 15) is 0 Å². The Balaban J connectivity index is 1.47. The quantitative estimate of drug-likeness (QED) is 0.759. The van der Waals surface area contributed by atoms with E-state index in [2.05, 4.69) is 33.2 Å². The van der Waals surface area contributed by atoms with Gasteiger partial charge in [0, 0.05) is 44.6 Å². The van der Waals surface area contributed by atoms with Crippen LogP contribution in [0, 0.1) is 5.92 Å². The first-order chi connectivity index (χ1) is 11.4. The number of aryl methyl sites for hydroxylation is 1. The average Bonchev–Trinajstić information content (AvgIpc) is 3.04. The molecule has 124 valence electrons. The molecule has 0 unspecified atom stereocenters. The number of hydrogen-bond acceptors (Lipinski definition) is 4. The highest BCUT2D eigenvalue weighted by atomic mass is 16.5. The van der Waals surface area contributed by atoms with Crippen LogP contribution in [0.15, 0.2) is 36.7 Å². The summed E-state index contributed by atoms with van der Waals surface area (Å²) in [5.74, 6) is 2.83. The van der Waals surface area contributed by atoms with Crippen molar-refractivity contribution in [2.75, 3.05) is 26.9 Å². The summed E-state index contributed by atoms with van der Waals surface area (Å²) in [6.07, 6.45) is 6.27. The maximum atomic E-state index is 5.78. The number of imidazole rings is 1. The van der Waals surface area contributed by atoms with Crippen LogP contribution < -0.4 is 10.1 Å². The van der Waals surface area contributed by atoms with Crippen LogP contribution >= 0.6 is 0 Å². The van der Waals surface area contributed by atoms with Gasteiger partial charge in [0.1, 0.15) is 18.2 Å². The van der Waals surface area contributed by atoms with Gasteiger partial charge in [-0.05, 0) is 24.9 Å². The molecule has 1 aliphatic rings. The molecular weight excluding hydrogens is 290 g/mol.